The molecule has 2 aromatic rings. The van der Waals surface area contributed by atoms with Gasteiger partial charge >= 0.3 is 0 Å². The molecule has 1 aromatic carbocycles. The number of aliphatic hydroxyl groups is 1. The Hall–Kier alpha value is -1.61. The molecule has 0 unspecified atom stereocenters. The highest BCUT2D eigenvalue weighted by Gasteiger charge is 2.38. The molecule has 0 aliphatic carbocycles. The Morgan fingerprint density at radius 2 is 2.14 bits per heavy atom. The van der Waals surface area contributed by atoms with Gasteiger partial charge in [0.2, 0.25) is 0 Å². The Balaban J connectivity index is 1.78. The summed E-state index contributed by atoms with van der Waals surface area (Å²) in [6.45, 7) is 4.91. The molecule has 0 saturated carbocycles. The van der Waals surface area contributed by atoms with Crippen molar-refractivity contribution in [1.82, 2.24) is 4.98 Å². The van der Waals surface area contributed by atoms with Crippen molar-refractivity contribution in [3.8, 4) is 0 Å². The molecule has 0 saturated heterocycles. The van der Waals surface area contributed by atoms with Crippen LogP contribution in [0.1, 0.15) is 37.4 Å². The third-order valence-corrected chi connectivity index (χ3v) is 5.72. The highest BCUT2D eigenvalue weighted by molar-refractivity contribution is 6.03. The lowest BCUT2D eigenvalue weighted by atomic mass is 9.79. The van der Waals surface area contributed by atoms with E-state index in [0.29, 0.717) is 12.5 Å². The minimum Gasteiger partial charge on any atom is -0.396 e. The number of hydrogen-bond acceptors (Lipinski definition) is 1. The summed E-state index contributed by atoms with van der Waals surface area (Å²) in [6, 6.07) is 8.66. The second kappa shape index (κ2) is 5.54. The molecule has 3 heterocycles. The van der Waals surface area contributed by atoms with Crippen LogP contribution in [0.5, 0.6) is 0 Å². The predicted octanol–water partition coefficient (Wildman–Crippen LogP) is 2.95. The summed E-state index contributed by atoms with van der Waals surface area (Å²) >= 11 is 0. The van der Waals surface area contributed by atoms with Crippen LogP contribution in [0, 0.1) is 11.8 Å². The molecule has 0 spiro atoms. The van der Waals surface area contributed by atoms with Crippen molar-refractivity contribution in [2.45, 2.75) is 32.6 Å². The Kier molecular flexibility index (Phi) is 3.53. The Labute approximate surface area is 131 Å². The summed E-state index contributed by atoms with van der Waals surface area (Å²) < 4.78 is 2.60. The van der Waals surface area contributed by atoms with E-state index in [4.69, 9.17) is 0 Å². The van der Waals surface area contributed by atoms with Gasteiger partial charge in [-0.2, -0.15) is 0 Å². The second-order valence-electron chi connectivity index (χ2n) is 6.81. The van der Waals surface area contributed by atoms with Gasteiger partial charge in [-0.15, -0.1) is 0 Å². The van der Waals surface area contributed by atoms with Crippen molar-refractivity contribution in [1.29, 1.82) is 0 Å². The summed E-state index contributed by atoms with van der Waals surface area (Å²) in [7, 11) is 0. The van der Waals surface area contributed by atoms with E-state index >= 15 is 0 Å². The number of nitrogens with one attached hydrogen (secondary N) is 1. The highest BCUT2D eigenvalue weighted by Crippen LogP contribution is 2.34. The number of nitrogens with zero attached hydrogens (tertiary/aromatic N) is 1. The molecule has 0 amide bonds. The van der Waals surface area contributed by atoms with E-state index in [1.807, 2.05) is 0 Å². The van der Waals surface area contributed by atoms with Crippen molar-refractivity contribution >= 4 is 16.6 Å². The van der Waals surface area contributed by atoms with Crippen LogP contribution < -0.4 is 0 Å². The largest absolute Gasteiger partial charge is 0.396 e. The van der Waals surface area contributed by atoms with Crippen molar-refractivity contribution in [2.75, 3.05) is 19.7 Å². The minimum atomic E-state index is 0.313. The van der Waals surface area contributed by atoms with E-state index in [2.05, 4.69) is 40.7 Å². The van der Waals surface area contributed by atoms with E-state index in [1.54, 1.807) is 0 Å². The Morgan fingerprint density at radius 1 is 1.27 bits per heavy atom. The zero-order chi connectivity index (χ0) is 15.1. The average Bonchev–Trinajstić information content (AvgIpc) is 2.93. The highest BCUT2D eigenvalue weighted by atomic mass is 16.3. The fraction of sp³-hybridized carbons (Fsp3) is 0.526. The number of hydrogen-bond donors (Lipinski definition) is 2. The maximum Gasteiger partial charge on any atom is 0.200 e. The number of para-hydroxylation sites is 1. The van der Waals surface area contributed by atoms with Crippen LogP contribution in [-0.2, 0) is 6.42 Å². The zero-order valence-corrected chi connectivity index (χ0v) is 13.3. The number of benzene rings is 1. The van der Waals surface area contributed by atoms with Gasteiger partial charge in [-0.1, -0.05) is 25.1 Å². The third-order valence-electron chi connectivity index (χ3n) is 5.72. The molecule has 3 nitrogen and oxygen atoms in total. The smallest absolute Gasteiger partial charge is 0.200 e. The SMILES string of the molecule is CC[C@H]1C[N+]2=C(C[C@@H]1CCO)c1[nH]c3ccccc3c1CC2. The van der Waals surface area contributed by atoms with E-state index in [1.165, 1.54) is 34.3 Å². The first-order valence-electron chi connectivity index (χ1n) is 8.63. The van der Waals surface area contributed by atoms with Crippen molar-refractivity contribution in [3.63, 3.8) is 0 Å². The Bertz CT molecular complexity index is 728. The maximum absolute atomic E-state index is 9.41. The van der Waals surface area contributed by atoms with Crippen LogP contribution in [0.4, 0.5) is 0 Å². The zero-order valence-electron chi connectivity index (χ0n) is 13.3. The number of rotatable bonds is 3. The second-order valence-corrected chi connectivity index (χ2v) is 6.81. The molecule has 0 bridgehead atoms. The molecule has 116 valence electrons. The lowest BCUT2D eigenvalue weighted by Crippen LogP contribution is -2.42. The summed E-state index contributed by atoms with van der Waals surface area (Å²) in [6.07, 6.45) is 4.41. The van der Waals surface area contributed by atoms with Crippen LogP contribution in [0.15, 0.2) is 24.3 Å². The number of H-pyrrole nitrogens is 1. The van der Waals surface area contributed by atoms with Crippen LogP contribution in [-0.4, -0.2) is 40.1 Å². The molecule has 2 aliphatic heterocycles. The van der Waals surface area contributed by atoms with Crippen molar-refractivity contribution < 1.29 is 9.68 Å². The van der Waals surface area contributed by atoms with E-state index in [9.17, 15) is 5.11 Å². The molecule has 4 rings (SSSR count). The summed E-state index contributed by atoms with van der Waals surface area (Å²) in [5, 5.41) is 10.8. The molecule has 1 aromatic heterocycles. The van der Waals surface area contributed by atoms with Crippen LogP contribution in [0.25, 0.3) is 10.9 Å². The van der Waals surface area contributed by atoms with E-state index in [-0.39, 0.29) is 0 Å². The first-order chi connectivity index (χ1) is 10.8. The van der Waals surface area contributed by atoms with Crippen molar-refractivity contribution in [3.05, 3.63) is 35.5 Å². The van der Waals surface area contributed by atoms with Gasteiger partial charge in [-0.25, -0.2) is 4.58 Å². The summed E-state index contributed by atoms with van der Waals surface area (Å²) in [4.78, 5) is 3.67. The molecule has 2 N–H and O–H groups in total. The topological polar surface area (TPSA) is 39.0 Å². The van der Waals surface area contributed by atoms with Gasteiger partial charge in [0, 0.05) is 36.3 Å². The molecule has 3 heteroatoms. The van der Waals surface area contributed by atoms with E-state index < -0.39 is 0 Å². The van der Waals surface area contributed by atoms with Crippen molar-refractivity contribution in [2.24, 2.45) is 11.8 Å². The molecule has 0 fully saturated rings. The molecular weight excluding hydrogens is 272 g/mol. The Morgan fingerprint density at radius 3 is 2.95 bits per heavy atom. The lowest BCUT2D eigenvalue weighted by Gasteiger charge is -2.31. The number of fused-ring (bicyclic) bond motifs is 4. The molecule has 2 atom stereocenters. The molecule has 2 aliphatic rings. The van der Waals surface area contributed by atoms with Gasteiger partial charge in [0.1, 0.15) is 18.8 Å². The van der Waals surface area contributed by atoms with E-state index in [0.717, 1.165) is 38.3 Å². The standard InChI is InChI=1S/C19H24N2O/c1-2-13-12-21-9-7-16-15-5-3-4-6-17(15)20-19(16)18(21)11-14(13)8-10-22/h3-6,13-14,22H,2,7-12H2,1H3/p+1/t13-,14-/m0/s1. The van der Waals surface area contributed by atoms with Crippen LogP contribution >= 0.6 is 0 Å². The van der Waals surface area contributed by atoms with Gasteiger partial charge in [0.15, 0.2) is 5.71 Å². The van der Waals surface area contributed by atoms with Gasteiger partial charge < -0.3 is 10.1 Å². The fourth-order valence-electron chi connectivity index (χ4n) is 4.49. The summed E-state index contributed by atoms with van der Waals surface area (Å²) in [5.74, 6) is 1.35. The van der Waals surface area contributed by atoms with Gasteiger partial charge in [-0.3, -0.25) is 0 Å². The molecule has 22 heavy (non-hydrogen) atoms. The normalized spacial score (nSPS) is 24.5. The molecule has 0 radical (unpaired) electrons. The number of aliphatic hydroxyl groups excluding tert-OH is 1. The summed E-state index contributed by atoms with van der Waals surface area (Å²) in [5.41, 5.74) is 5.61. The number of aromatic nitrogens is 1. The maximum atomic E-state index is 9.41. The first kappa shape index (κ1) is 14.0. The lowest BCUT2D eigenvalue weighted by molar-refractivity contribution is -0.544. The van der Waals surface area contributed by atoms with Gasteiger partial charge in [0.25, 0.3) is 0 Å². The fourth-order valence-corrected chi connectivity index (χ4v) is 4.49. The van der Waals surface area contributed by atoms with Gasteiger partial charge in [0.05, 0.1) is 0 Å². The predicted molar refractivity (Wildman–Crippen MR) is 89.7 cm³/mol. The van der Waals surface area contributed by atoms with Crippen LogP contribution in [0.2, 0.25) is 0 Å². The monoisotopic (exact) mass is 297 g/mol. The first-order valence-corrected chi connectivity index (χ1v) is 8.63. The minimum absolute atomic E-state index is 0.313. The average molecular weight is 297 g/mol. The third kappa shape index (κ3) is 2.11. The van der Waals surface area contributed by atoms with Gasteiger partial charge in [-0.05, 0) is 30.4 Å². The number of aromatic amines is 1. The van der Waals surface area contributed by atoms with Crippen LogP contribution in [0.3, 0.4) is 0 Å². The quantitative estimate of drug-likeness (QED) is 0.840. The molecular formula is C19H25N2O+.